The maximum Gasteiger partial charge on any atom is 0.315 e. The number of amides is 2. The van der Waals surface area contributed by atoms with Crippen LogP contribution in [0, 0.1) is 0 Å². The highest BCUT2D eigenvalue weighted by Gasteiger charge is 2.23. The van der Waals surface area contributed by atoms with Gasteiger partial charge in [0.15, 0.2) is 0 Å². The number of rotatable bonds is 5. The van der Waals surface area contributed by atoms with Crippen molar-refractivity contribution in [1.82, 2.24) is 20.2 Å². The Balaban J connectivity index is 1.72. The summed E-state index contributed by atoms with van der Waals surface area (Å²) < 4.78 is 1.91. The Morgan fingerprint density at radius 2 is 2.40 bits per heavy atom. The number of nitrogens with one attached hydrogen (secondary N) is 2. The van der Waals surface area contributed by atoms with E-state index < -0.39 is 0 Å². The molecule has 0 bridgehead atoms. The van der Waals surface area contributed by atoms with Crippen molar-refractivity contribution >= 4 is 17.8 Å². The lowest BCUT2D eigenvalue weighted by molar-refractivity contribution is 0.232. The van der Waals surface area contributed by atoms with Crippen molar-refractivity contribution in [1.29, 1.82) is 0 Å². The van der Waals surface area contributed by atoms with Crippen molar-refractivity contribution in [2.75, 3.05) is 5.75 Å². The van der Waals surface area contributed by atoms with E-state index in [1.807, 2.05) is 29.6 Å². The first-order valence-corrected chi connectivity index (χ1v) is 8.36. The first-order valence-electron chi connectivity index (χ1n) is 7.31. The minimum atomic E-state index is -0.0832. The van der Waals surface area contributed by atoms with Crippen LogP contribution in [-0.2, 0) is 13.6 Å². The number of nitrogens with zero attached hydrogens (tertiary/aromatic N) is 2. The van der Waals surface area contributed by atoms with E-state index in [-0.39, 0.29) is 6.03 Å². The van der Waals surface area contributed by atoms with Crippen LogP contribution in [0.1, 0.15) is 38.4 Å². The van der Waals surface area contributed by atoms with Gasteiger partial charge in [-0.1, -0.05) is 13.3 Å². The molecule has 112 valence electrons. The zero-order valence-electron chi connectivity index (χ0n) is 12.3. The summed E-state index contributed by atoms with van der Waals surface area (Å²) in [5.41, 5.74) is 0. The zero-order chi connectivity index (χ0) is 14.4. The summed E-state index contributed by atoms with van der Waals surface area (Å²) in [6, 6.07) is 0.231. The normalized spacial score (nSPS) is 22.5. The monoisotopic (exact) mass is 296 g/mol. The molecule has 1 aliphatic rings. The molecular weight excluding hydrogens is 272 g/mol. The molecule has 2 atom stereocenters. The highest BCUT2D eigenvalue weighted by molar-refractivity contribution is 7.99. The minimum Gasteiger partial charge on any atom is -0.337 e. The third kappa shape index (κ3) is 4.44. The highest BCUT2D eigenvalue weighted by Crippen LogP contribution is 2.28. The number of aryl methyl sites for hydroxylation is 1. The van der Waals surface area contributed by atoms with Crippen LogP contribution < -0.4 is 10.6 Å². The van der Waals surface area contributed by atoms with E-state index in [1.165, 1.54) is 12.8 Å². The largest absolute Gasteiger partial charge is 0.337 e. The van der Waals surface area contributed by atoms with Gasteiger partial charge in [0.1, 0.15) is 5.82 Å². The number of carbonyl (C=O) groups is 1. The number of aromatic nitrogens is 2. The smallest absolute Gasteiger partial charge is 0.315 e. The molecule has 1 saturated carbocycles. The lowest BCUT2D eigenvalue weighted by Gasteiger charge is -2.29. The Morgan fingerprint density at radius 1 is 1.55 bits per heavy atom. The molecule has 0 aliphatic heterocycles. The van der Waals surface area contributed by atoms with Gasteiger partial charge >= 0.3 is 6.03 Å². The second-order valence-corrected chi connectivity index (χ2v) is 6.80. The number of hydrogen-bond acceptors (Lipinski definition) is 3. The molecule has 0 radical (unpaired) electrons. The summed E-state index contributed by atoms with van der Waals surface area (Å²) in [6.45, 7) is 2.66. The van der Waals surface area contributed by atoms with Crippen molar-refractivity contribution in [3.8, 4) is 0 Å². The minimum absolute atomic E-state index is 0.0832. The average molecular weight is 296 g/mol. The van der Waals surface area contributed by atoms with Crippen LogP contribution in [0.25, 0.3) is 0 Å². The highest BCUT2D eigenvalue weighted by atomic mass is 32.2. The third-order valence-electron chi connectivity index (χ3n) is 3.69. The first-order chi connectivity index (χ1) is 9.69. The predicted molar refractivity (Wildman–Crippen MR) is 82.8 cm³/mol. The number of carbonyl (C=O) groups excluding carboxylic acids is 1. The molecular formula is C14H24N4OS. The van der Waals surface area contributed by atoms with Crippen LogP contribution in [0.3, 0.4) is 0 Å². The van der Waals surface area contributed by atoms with Gasteiger partial charge in [-0.3, -0.25) is 0 Å². The van der Waals surface area contributed by atoms with Crippen molar-refractivity contribution < 1.29 is 4.79 Å². The molecule has 20 heavy (non-hydrogen) atoms. The van der Waals surface area contributed by atoms with E-state index in [0.29, 0.717) is 17.8 Å². The van der Waals surface area contributed by atoms with E-state index in [1.54, 1.807) is 6.20 Å². The summed E-state index contributed by atoms with van der Waals surface area (Å²) in [5.74, 6) is 2.02. The fraction of sp³-hybridized carbons (Fsp3) is 0.714. The topological polar surface area (TPSA) is 59.0 Å². The summed E-state index contributed by atoms with van der Waals surface area (Å²) in [6.07, 6.45) is 8.30. The predicted octanol–water partition coefficient (Wildman–Crippen LogP) is 2.28. The van der Waals surface area contributed by atoms with Gasteiger partial charge in [0.25, 0.3) is 0 Å². The lowest BCUT2D eigenvalue weighted by Crippen LogP contribution is -2.44. The number of thioether (sulfide) groups is 1. The molecule has 5 nitrogen and oxygen atoms in total. The second-order valence-electron chi connectivity index (χ2n) is 5.22. The third-order valence-corrected chi connectivity index (χ3v) is 4.92. The Kier molecular flexibility index (Phi) is 5.76. The van der Waals surface area contributed by atoms with E-state index in [9.17, 15) is 4.79 Å². The number of hydrogen-bond donors (Lipinski definition) is 2. The molecule has 1 aromatic rings. The van der Waals surface area contributed by atoms with Crippen LogP contribution in [0.15, 0.2) is 12.4 Å². The van der Waals surface area contributed by atoms with Crippen LogP contribution in [0.5, 0.6) is 0 Å². The van der Waals surface area contributed by atoms with Gasteiger partial charge in [0.05, 0.1) is 6.54 Å². The second kappa shape index (κ2) is 7.57. The van der Waals surface area contributed by atoms with Gasteiger partial charge in [-0.25, -0.2) is 9.78 Å². The SMILES string of the molecule is CCS[C@H]1CCC[C@@H](NC(=O)NCc2nccn2C)C1. The average Bonchev–Trinajstić information content (AvgIpc) is 2.83. The lowest BCUT2D eigenvalue weighted by atomic mass is 9.95. The van der Waals surface area contributed by atoms with Crippen LogP contribution >= 0.6 is 11.8 Å². The molecule has 2 amide bonds. The van der Waals surface area contributed by atoms with Gasteiger partial charge in [-0.15, -0.1) is 0 Å². The molecule has 6 heteroatoms. The van der Waals surface area contributed by atoms with Crippen LogP contribution in [-0.4, -0.2) is 32.6 Å². The fourth-order valence-corrected chi connectivity index (χ4v) is 3.80. The molecule has 0 spiro atoms. The van der Waals surface area contributed by atoms with Crippen molar-refractivity contribution in [2.24, 2.45) is 7.05 Å². The molecule has 0 saturated heterocycles. The van der Waals surface area contributed by atoms with E-state index in [2.05, 4.69) is 22.5 Å². The summed E-state index contributed by atoms with van der Waals surface area (Å²) in [7, 11) is 1.93. The van der Waals surface area contributed by atoms with E-state index in [4.69, 9.17) is 0 Å². The Hall–Kier alpha value is -1.17. The van der Waals surface area contributed by atoms with Crippen LogP contribution in [0.2, 0.25) is 0 Å². The van der Waals surface area contributed by atoms with Crippen molar-refractivity contribution in [2.45, 2.75) is 50.4 Å². The molecule has 1 fully saturated rings. The molecule has 2 N–H and O–H groups in total. The summed E-state index contributed by atoms with van der Waals surface area (Å²) in [4.78, 5) is 16.1. The molecule has 2 rings (SSSR count). The zero-order valence-corrected chi connectivity index (χ0v) is 13.1. The molecule has 0 unspecified atom stereocenters. The fourth-order valence-electron chi connectivity index (χ4n) is 2.63. The van der Waals surface area contributed by atoms with Gasteiger partial charge in [-0.05, 0) is 25.0 Å². The maximum atomic E-state index is 11.9. The van der Waals surface area contributed by atoms with Crippen LogP contribution in [0.4, 0.5) is 4.79 Å². The number of urea groups is 1. The summed E-state index contributed by atoms with van der Waals surface area (Å²) in [5, 5.41) is 6.67. The standard InChI is InChI=1S/C14H24N4OS/c1-3-20-12-6-4-5-11(9-12)17-14(19)16-10-13-15-7-8-18(13)2/h7-8,11-12H,3-6,9-10H2,1-2H3,(H2,16,17,19)/t11-,12+/m1/s1. The van der Waals surface area contributed by atoms with Gasteiger partial charge < -0.3 is 15.2 Å². The maximum absolute atomic E-state index is 11.9. The molecule has 1 aromatic heterocycles. The van der Waals surface area contributed by atoms with Crippen molar-refractivity contribution in [3.63, 3.8) is 0 Å². The van der Waals surface area contributed by atoms with Gasteiger partial charge in [-0.2, -0.15) is 11.8 Å². The Morgan fingerprint density at radius 3 is 3.10 bits per heavy atom. The Bertz CT molecular complexity index is 433. The van der Waals surface area contributed by atoms with Crippen molar-refractivity contribution in [3.05, 3.63) is 18.2 Å². The van der Waals surface area contributed by atoms with Gasteiger partial charge in [0, 0.05) is 30.7 Å². The number of imidazole rings is 1. The molecule has 1 heterocycles. The molecule has 0 aromatic carbocycles. The molecule has 1 aliphatic carbocycles. The summed E-state index contributed by atoms with van der Waals surface area (Å²) >= 11 is 2.01. The quantitative estimate of drug-likeness (QED) is 0.876. The van der Waals surface area contributed by atoms with E-state index in [0.717, 1.165) is 24.4 Å². The van der Waals surface area contributed by atoms with E-state index >= 15 is 0 Å². The Labute approximate surface area is 124 Å². The first kappa shape index (κ1) is 15.2. The van der Waals surface area contributed by atoms with Gasteiger partial charge in [0.2, 0.25) is 0 Å².